The molecule has 1 fully saturated rings. The maximum absolute atomic E-state index is 12.1. The third kappa shape index (κ3) is 3.69. The van der Waals surface area contributed by atoms with E-state index in [-0.39, 0.29) is 11.7 Å². The number of rotatable bonds is 5. The van der Waals surface area contributed by atoms with E-state index < -0.39 is 0 Å². The van der Waals surface area contributed by atoms with Gasteiger partial charge in [0.25, 0.3) is 0 Å². The first-order valence-electron chi connectivity index (χ1n) is 7.49. The lowest BCUT2D eigenvalue weighted by Crippen LogP contribution is -2.27. The van der Waals surface area contributed by atoms with Crippen molar-refractivity contribution in [3.8, 4) is 0 Å². The van der Waals surface area contributed by atoms with E-state index in [1.807, 2.05) is 29.2 Å². The van der Waals surface area contributed by atoms with Crippen molar-refractivity contribution in [3.05, 3.63) is 35.4 Å². The molecule has 20 heavy (non-hydrogen) atoms. The van der Waals surface area contributed by atoms with E-state index in [2.05, 4.69) is 13.8 Å². The van der Waals surface area contributed by atoms with Gasteiger partial charge in [0, 0.05) is 31.5 Å². The molecule has 1 amide bonds. The van der Waals surface area contributed by atoms with E-state index in [1.54, 1.807) is 0 Å². The van der Waals surface area contributed by atoms with E-state index >= 15 is 0 Å². The van der Waals surface area contributed by atoms with Crippen LogP contribution in [0.1, 0.15) is 61.4 Å². The van der Waals surface area contributed by atoms with Crippen LogP contribution in [-0.4, -0.2) is 29.7 Å². The van der Waals surface area contributed by atoms with Crippen LogP contribution in [0.4, 0.5) is 0 Å². The Morgan fingerprint density at radius 2 is 1.65 bits per heavy atom. The number of hydrogen-bond donors (Lipinski definition) is 0. The van der Waals surface area contributed by atoms with Crippen LogP contribution in [0.15, 0.2) is 24.3 Å². The third-order valence-electron chi connectivity index (χ3n) is 3.92. The Balaban J connectivity index is 1.86. The van der Waals surface area contributed by atoms with Gasteiger partial charge >= 0.3 is 0 Å². The van der Waals surface area contributed by atoms with Gasteiger partial charge in [0.2, 0.25) is 5.91 Å². The standard InChI is InChI=1S/C17H23NO2/c1-13(2)14-5-7-15(8-6-14)16(19)9-10-17(20)18-11-3-4-12-18/h5-8,13H,3-4,9-12H2,1-2H3. The molecule has 0 atom stereocenters. The second kappa shape index (κ2) is 6.69. The molecule has 0 saturated carbocycles. The average molecular weight is 273 g/mol. The fourth-order valence-corrected chi connectivity index (χ4v) is 2.54. The second-order valence-corrected chi connectivity index (χ2v) is 5.79. The molecule has 2 rings (SSSR count). The summed E-state index contributed by atoms with van der Waals surface area (Å²) in [5.41, 5.74) is 1.94. The molecule has 0 spiro atoms. The highest BCUT2D eigenvalue weighted by molar-refractivity contribution is 5.98. The zero-order chi connectivity index (χ0) is 14.5. The van der Waals surface area contributed by atoms with Crippen LogP contribution in [0.3, 0.4) is 0 Å². The first kappa shape index (κ1) is 14.8. The zero-order valence-electron chi connectivity index (χ0n) is 12.4. The molecule has 1 aromatic rings. The highest BCUT2D eigenvalue weighted by Crippen LogP contribution is 2.16. The van der Waals surface area contributed by atoms with Crippen LogP contribution in [0.25, 0.3) is 0 Å². The second-order valence-electron chi connectivity index (χ2n) is 5.79. The highest BCUT2D eigenvalue weighted by atomic mass is 16.2. The highest BCUT2D eigenvalue weighted by Gasteiger charge is 2.18. The van der Waals surface area contributed by atoms with Crippen LogP contribution in [0.5, 0.6) is 0 Å². The SMILES string of the molecule is CC(C)c1ccc(C(=O)CCC(=O)N2CCCC2)cc1. The number of Topliss-reactive ketones (excluding diaryl/α,β-unsaturated/α-hetero) is 1. The number of hydrogen-bond acceptors (Lipinski definition) is 2. The minimum Gasteiger partial charge on any atom is -0.343 e. The van der Waals surface area contributed by atoms with Crippen molar-refractivity contribution in [2.45, 2.75) is 45.4 Å². The molecule has 108 valence electrons. The number of amides is 1. The van der Waals surface area contributed by atoms with Gasteiger partial charge in [0.05, 0.1) is 0 Å². The molecule has 3 nitrogen and oxygen atoms in total. The van der Waals surface area contributed by atoms with Crippen LogP contribution in [0, 0.1) is 0 Å². The molecule has 0 N–H and O–H groups in total. The molecule has 1 aliphatic rings. The van der Waals surface area contributed by atoms with Crippen molar-refractivity contribution in [1.29, 1.82) is 0 Å². The van der Waals surface area contributed by atoms with Gasteiger partial charge in [-0.25, -0.2) is 0 Å². The van der Waals surface area contributed by atoms with Gasteiger partial charge in [0.15, 0.2) is 5.78 Å². The molecule has 0 radical (unpaired) electrons. The predicted octanol–water partition coefficient (Wildman–Crippen LogP) is 3.40. The first-order valence-corrected chi connectivity index (χ1v) is 7.49. The van der Waals surface area contributed by atoms with Gasteiger partial charge in [0.1, 0.15) is 0 Å². The smallest absolute Gasteiger partial charge is 0.223 e. The molecule has 0 aliphatic carbocycles. The summed E-state index contributed by atoms with van der Waals surface area (Å²) >= 11 is 0. The minimum absolute atomic E-state index is 0.0628. The Morgan fingerprint density at radius 1 is 1.05 bits per heavy atom. The molecule has 1 saturated heterocycles. The van der Waals surface area contributed by atoms with Crippen LogP contribution < -0.4 is 0 Å². The summed E-state index contributed by atoms with van der Waals surface area (Å²) in [5.74, 6) is 0.651. The number of likely N-dealkylation sites (tertiary alicyclic amines) is 1. The number of carbonyl (C=O) groups excluding carboxylic acids is 2. The number of nitrogens with zero attached hydrogens (tertiary/aromatic N) is 1. The van der Waals surface area contributed by atoms with Crippen molar-refractivity contribution in [2.75, 3.05) is 13.1 Å². The van der Waals surface area contributed by atoms with Crippen molar-refractivity contribution in [2.24, 2.45) is 0 Å². The fourth-order valence-electron chi connectivity index (χ4n) is 2.54. The van der Waals surface area contributed by atoms with Crippen molar-refractivity contribution in [3.63, 3.8) is 0 Å². The minimum atomic E-state index is 0.0628. The van der Waals surface area contributed by atoms with Gasteiger partial charge in [-0.15, -0.1) is 0 Å². The molecule has 1 aliphatic heterocycles. The Hall–Kier alpha value is -1.64. The molecule has 0 unspecified atom stereocenters. The lowest BCUT2D eigenvalue weighted by molar-refractivity contribution is -0.130. The first-order chi connectivity index (χ1) is 9.58. The maximum Gasteiger partial charge on any atom is 0.223 e. The van der Waals surface area contributed by atoms with E-state index in [0.717, 1.165) is 25.9 Å². The molecular formula is C17H23NO2. The van der Waals surface area contributed by atoms with Crippen molar-refractivity contribution >= 4 is 11.7 Å². The molecule has 3 heteroatoms. The monoisotopic (exact) mass is 273 g/mol. The lowest BCUT2D eigenvalue weighted by atomic mass is 9.99. The zero-order valence-corrected chi connectivity index (χ0v) is 12.4. The van der Waals surface area contributed by atoms with E-state index in [4.69, 9.17) is 0 Å². The summed E-state index contributed by atoms with van der Waals surface area (Å²) in [4.78, 5) is 25.8. The van der Waals surface area contributed by atoms with Gasteiger partial charge in [-0.3, -0.25) is 9.59 Å². The topological polar surface area (TPSA) is 37.4 Å². The maximum atomic E-state index is 12.1. The van der Waals surface area contributed by atoms with Crippen molar-refractivity contribution in [1.82, 2.24) is 4.90 Å². The summed E-state index contributed by atoms with van der Waals surface area (Å²) in [7, 11) is 0. The van der Waals surface area contributed by atoms with E-state index in [1.165, 1.54) is 5.56 Å². The Bertz CT molecular complexity index is 470. The largest absolute Gasteiger partial charge is 0.343 e. The third-order valence-corrected chi connectivity index (χ3v) is 3.92. The predicted molar refractivity (Wildman–Crippen MR) is 79.9 cm³/mol. The molecule has 1 heterocycles. The van der Waals surface area contributed by atoms with Gasteiger partial charge in [-0.05, 0) is 24.3 Å². The summed E-state index contributed by atoms with van der Waals surface area (Å²) < 4.78 is 0. The van der Waals surface area contributed by atoms with E-state index in [9.17, 15) is 9.59 Å². The Labute approximate surface area is 121 Å². The molecule has 1 aromatic carbocycles. The summed E-state index contributed by atoms with van der Waals surface area (Å²) in [6.07, 6.45) is 2.84. The Kier molecular flexibility index (Phi) is 4.94. The summed E-state index contributed by atoms with van der Waals surface area (Å²) in [6.45, 7) is 5.98. The van der Waals surface area contributed by atoms with E-state index in [0.29, 0.717) is 24.3 Å². The quantitative estimate of drug-likeness (QED) is 0.771. The molecule has 0 bridgehead atoms. The van der Waals surface area contributed by atoms with Gasteiger partial charge < -0.3 is 4.90 Å². The normalized spacial score (nSPS) is 14.8. The van der Waals surface area contributed by atoms with Crippen LogP contribution in [-0.2, 0) is 4.79 Å². The van der Waals surface area contributed by atoms with Gasteiger partial charge in [-0.2, -0.15) is 0 Å². The molecule has 0 aromatic heterocycles. The lowest BCUT2D eigenvalue weighted by Gasteiger charge is -2.14. The summed E-state index contributed by atoms with van der Waals surface area (Å²) in [5, 5.41) is 0. The molecular weight excluding hydrogens is 250 g/mol. The number of carbonyl (C=O) groups is 2. The van der Waals surface area contributed by atoms with Gasteiger partial charge in [-0.1, -0.05) is 38.1 Å². The number of benzene rings is 1. The van der Waals surface area contributed by atoms with Crippen LogP contribution in [0.2, 0.25) is 0 Å². The van der Waals surface area contributed by atoms with Crippen molar-refractivity contribution < 1.29 is 9.59 Å². The average Bonchev–Trinajstić information content (AvgIpc) is 2.98. The number of ketones is 1. The van der Waals surface area contributed by atoms with Crippen LogP contribution >= 0.6 is 0 Å². The fraction of sp³-hybridized carbons (Fsp3) is 0.529. The summed E-state index contributed by atoms with van der Waals surface area (Å²) in [6, 6.07) is 7.75. The Morgan fingerprint density at radius 3 is 2.20 bits per heavy atom.